The molecule has 138 valence electrons. The molecule has 1 N–H and O–H groups in total. The highest BCUT2D eigenvalue weighted by Gasteiger charge is 2.22. The Hall–Kier alpha value is -3.13. The monoisotopic (exact) mass is 367 g/mol. The Morgan fingerprint density at radius 3 is 2.89 bits per heavy atom. The Bertz CT molecular complexity index is 1020. The zero-order valence-electron chi connectivity index (χ0n) is 14.8. The maximum Gasteiger partial charge on any atom is 0.254 e. The van der Waals surface area contributed by atoms with Crippen LogP contribution in [0.25, 0.3) is 11.4 Å². The van der Waals surface area contributed by atoms with Gasteiger partial charge in [0.1, 0.15) is 12.2 Å². The normalized spacial score (nSPS) is 14.0. The molecule has 0 unspecified atom stereocenters. The van der Waals surface area contributed by atoms with Crippen LogP contribution in [-0.4, -0.2) is 38.5 Å². The average Bonchev–Trinajstić information content (AvgIpc) is 2.70. The minimum absolute atomic E-state index is 0.147. The first-order valence-corrected chi connectivity index (χ1v) is 8.57. The average molecular weight is 367 g/mol. The van der Waals surface area contributed by atoms with Gasteiger partial charge in [0.05, 0.1) is 18.4 Å². The zero-order valence-corrected chi connectivity index (χ0v) is 14.8. The number of H-pyrrole nitrogens is 1. The summed E-state index contributed by atoms with van der Waals surface area (Å²) in [5, 5.41) is 0. The third-order valence-corrected chi connectivity index (χ3v) is 4.64. The maximum absolute atomic E-state index is 14.4. The van der Waals surface area contributed by atoms with Crippen molar-refractivity contribution in [2.24, 2.45) is 0 Å². The molecule has 7 nitrogen and oxygen atoms in total. The molecule has 0 fully saturated rings. The Morgan fingerprint density at radius 1 is 1.30 bits per heavy atom. The number of ether oxygens (including phenoxy) is 1. The van der Waals surface area contributed by atoms with Crippen molar-refractivity contribution < 1.29 is 9.13 Å². The fourth-order valence-corrected chi connectivity index (χ4v) is 3.26. The molecule has 2 aromatic heterocycles. The zero-order chi connectivity index (χ0) is 18.8. The van der Waals surface area contributed by atoms with E-state index in [-0.39, 0.29) is 17.1 Å². The van der Waals surface area contributed by atoms with E-state index in [2.05, 4.69) is 24.8 Å². The first-order chi connectivity index (χ1) is 13.2. The van der Waals surface area contributed by atoms with Crippen molar-refractivity contribution in [3.05, 3.63) is 69.9 Å². The van der Waals surface area contributed by atoms with Crippen LogP contribution in [0.4, 0.5) is 4.39 Å². The topological polar surface area (TPSA) is 84.0 Å². The second kappa shape index (κ2) is 7.24. The molecule has 0 saturated heterocycles. The quantitative estimate of drug-likeness (QED) is 0.759. The van der Waals surface area contributed by atoms with Crippen LogP contribution in [-0.2, 0) is 19.5 Å². The number of halogens is 1. The summed E-state index contributed by atoms with van der Waals surface area (Å²) in [6.07, 6.45) is 5.19. The number of nitrogens with one attached hydrogen (secondary N) is 1. The van der Waals surface area contributed by atoms with Crippen LogP contribution in [0, 0.1) is 5.82 Å². The van der Waals surface area contributed by atoms with Crippen LogP contribution in [0.15, 0.2) is 41.7 Å². The van der Waals surface area contributed by atoms with E-state index in [1.807, 2.05) is 0 Å². The molecule has 0 bridgehead atoms. The van der Waals surface area contributed by atoms with Gasteiger partial charge in [0, 0.05) is 43.2 Å². The summed E-state index contributed by atoms with van der Waals surface area (Å²) in [4.78, 5) is 29.8. The first-order valence-electron chi connectivity index (χ1n) is 8.57. The Balaban J connectivity index is 1.61. The number of methoxy groups -OCH3 is 1. The molecule has 0 radical (unpaired) electrons. The highest BCUT2D eigenvalue weighted by Crippen LogP contribution is 2.24. The van der Waals surface area contributed by atoms with Crippen molar-refractivity contribution in [1.82, 2.24) is 24.8 Å². The van der Waals surface area contributed by atoms with Gasteiger partial charge in [0.15, 0.2) is 11.6 Å². The number of aromatic nitrogens is 4. The fourth-order valence-electron chi connectivity index (χ4n) is 3.26. The summed E-state index contributed by atoms with van der Waals surface area (Å²) < 4.78 is 19.5. The minimum Gasteiger partial charge on any atom is -0.494 e. The lowest BCUT2D eigenvalue weighted by molar-refractivity contribution is 0.236. The number of hydrogen-bond acceptors (Lipinski definition) is 6. The van der Waals surface area contributed by atoms with E-state index in [1.165, 1.54) is 13.4 Å². The smallest absolute Gasteiger partial charge is 0.254 e. The molecule has 3 aromatic rings. The van der Waals surface area contributed by atoms with Crippen molar-refractivity contribution in [1.29, 1.82) is 0 Å². The van der Waals surface area contributed by atoms with E-state index in [0.717, 1.165) is 0 Å². The van der Waals surface area contributed by atoms with E-state index in [9.17, 15) is 9.18 Å². The van der Waals surface area contributed by atoms with E-state index in [0.29, 0.717) is 54.3 Å². The highest BCUT2D eigenvalue weighted by atomic mass is 19.1. The molecule has 3 heterocycles. The molecule has 4 rings (SSSR count). The van der Waals surface area contributed by atoms with Crippen molar-refractivity contribution in [3.8, 4) is 17.1 Å². The molecule has 1 aliphatic rings. The Labute approximate surface area is 154 Å². The summed E-state index contributed by atoms with van der Waals surface area (Å²) in [5.74, 6) is 0.311. The third kappa shape index (κ3) is 3.43. The van der Waals surface area contributed by atoms with Crippen LogP contribution < -0.4 is 10.3 Å². The van der Waals surface area contributed by atoms with Crippen LogP contribution in [0.3, 0.4) is 0 Å². The number of fused-ring (bicyclic) bond motifs is 1. The number of rotatable bonds is 4. The molecule has 0 atom stereocenters. The van der Waals surface area contributed by atoms with Crippen molar-refractivity contribution >= 4 is 0 Å². The second-order valence-electron chi connectivity index (χ2n) is 6.36. The molecule has 27 heavy (non-hydrogen) atoms. The van der Waals surface area contributed by atoms with Crippen LogP contribution in [0.2, 0.25) is 0 Å². The predicted molar refractivity (Wildman–Crippen MR) is 96.7 cm³/mol. The predicted octanol–water partition coefficient (Wildman–Crippen LogP) is 1.93. The molecule has 0 amide bonds. The molecule has 1 aliphatic heterocycles. The molecule has 1 aromatic carbocycles. The van der Waals surface area contributed by atoms with Gasteiger partial charge in [-0.2, -0.15) is 0 Å². The molecule has 0 saturated carbocycles. The van der Waals surface area contributed by atoms with Crippen LogP contribution in [0.1, 0.15) is 16.8 Å². The summed E-state index contributed by atoms with van der Waals surface area (Å²) in [7, 11) is 1.45. The van der Waals surface area contributed by atoms with E-state index in [1.54, 1.807) is 30.6 Å². The Morgan fingerprint density at radius 2 is 2.11 bits per heavy atom. The summed E-state index contributed by atoms with van der Waals surface area (Å²) in [6, 6.07) is 5.11. The van der Waals surface area contributed by atoms with Crippen LogP contribution >= 0.6 is 0 Å². The third-order valence-electron chi connectivity index (χ3n) is 4.64. The Kier molecular flexibility index (Phi) is 4.64. The molecular weight excluding hydrogens is 349 g/mol. The number of nitrogens with zero attached hydrogens (tertiary/aromatic N) is 4. The second-order valence-corrected chi connectivity index (χ2v) is 6.36. The molecule has 0 spiro atoms. The van der Waals surface area contributed by atoms with Crippen molar-refractivity contribution in [2.75, 3.05) is 13.7 Å². The molecular formula is C19H18FN5O2. The lowest BCUT2D eigenvalue weighted by Gasteiger charge is -2.28. The highest BCUT2D eigenvalue weighted by molar-refractivity contribution is 5.52. The summed E-state index contributed by atoms with van der Waals surface area (Å²) >= 11 is 0. The lowest BCUT2D eigenvalue weighted by atomic mass is 10.0. The van der Waals surface area contributed by atoms with Gasteiger partial charge in [0.25, 0.3) is 5.56 Å². The number of aromatic amines is 1. The lowest BCUT2D eigenvalue weighted by Crippen LogP contribution is -2.35. The van der Waals surface area contributed by atoms with Crippen molar-refractivity contribution in [3.63, 3.8) is 0 Å². The van der Waals surface area contributed by atoms with Gasteiger partial charge in [-0.25, -0.2) is 19.3 Å². The summed E-state index contributed by atoms with van der Waals surface area (Å²) in [6.45, 7) is 1.54. The first kappa shape index (κ1) is 17.3. The summed E-state index contributed by atoms with van der Waals surface area (Å²) in [5.41, 5.74) is 2.43. The van der Waals surface area contributed by atoms with E-state index < -0.39 is 0 Å². The molecule has 0 aliphatic carbocycles. The van der Waals surface area contributed by atoms with Gasteiger partial charge in [-0.3, -0.25) is 9.69 Å². The largest absolute Gasteiger partial charge is 0.494 e. The van der Waals surface area contributed by atoms with Gasteiger partial charge in [-0.1, -0.05) is 12.1 Å². The number of hydrogen-bond donors (Lipinski definition) is 1. The van der Waals surface area contributed by atoms with E-state index >= 15 is 0 Å². The minimum atomic E-state index is -0.355. The SMILES string of the molecule is COc1cccc(CN2CCc3c(nc(-c4cncnc4)[nH]c3=O)C2)c1F. The fraction of sp³-hybridized carbons (Fsp3) is 0.263. The van der Waals surface area contributed by atoms with Gasteiger partial charge in [-0.05, 0) is 12.5 Å². The van der Waals surface area contributed by atoms with Gasteiger partial charge in [-0.15, -0.1) is 0 Å². The standard InChI is InChI=1S/C19H18FN5O2/c1-27-16-4-2-3-12(17(16)20)9-25-6-5-14-15(10-25)23-18(24-19(14)26)13-7-21-11-22-8-13/h2-4,7-8,11H,5-6,9-10H2,1H3,(H,23,24,26). The van der Waals surface area contributed by atoms with Crippen LogP contribution in [0.5, 0.6) is 5.75 Å². The van der Waals surface area contributed by atoms with Gasteiger partial charge < -0.3 is 9.72 Å². The van der Waals surface area contributed by atoms with Gasteiger partial charge in [0.2, 0.25) is 0 Å². The van der Waals surface area contributed by atoms with E-state index in [4.69, 9.17) is 4.74 Å². The van der Waals surface area contributed by atoms with Gasteiger partial charge >= 0.3 is 0 Å². The maximum atomic E-state index is 14.4. The van der Waals surface area contributed by atoms with Crippen molar-refractivity contribution in [2.45, 2.75) is 19.5 Å². The number of benzene rings is 1. The molecule has 8 heteroatoms.